The van der Waals surface area contributed by atoms with E-state index in [-0.39, 0.29) is 17.0 Å². The number of thioether (sulfide) groups is 1. The van der Waals surface area contributed by atoms with E-state index in [9.17, 15) is 14.9 Å². The third-order valence-electron chi connectivity index (χ3n) is 7.34. The number of amidine groups is 1. The van der Waals surface area contributed by atoms with Gasteiger partial charge in [-0.1, -0.05) is 12.1 Å². The van der Waals surface area contributed by atoms with E-state index < -0.39 is 4.92 Å². The molecule has 1 aliphatic heterocycles. The van der Waals surface area contributed by atoms with Gasteiger partial charge in [0.1, 0.15) is 0 Å². The molecule has 2 heterocycles. The summed E-state index contributed by atoms with van der Waals surface area (Å²) in [5.41, 5.74) is 1.78. The molecule has 1 N–H and O–H groups in total. The maximum absolute atomic E-state index is 12.4. The van der Waals surface area contributed by atoms with Gasteiger partial charge in [0, 0.05) is 16.9 Å². The summed E-state index contributed by atoms with van der Waals surface area (Å²) in [6.07, 6.45) is 9.51. The van der Waals surface area contributed by atoms with Gasteiger partial charge in [-0.15, -0.1) is 11.3 Å². The number of benzene rings is 1. The Hall–Kier alpha value is -2.52. The first kappa shape index (κ1) is 20.1. The van der Waals surface area contributed by atoms with Crippen LogP contribution in [-0.4, -0.2) is 21.0 Å². The largest absolute Gasteiger partial charge is 0.300 e. The lowest BCUT2D eigenvalue weighted by Crippen LogP contribution is -2.48. The van der Waals surface area contributed by atoms with Gasteiger partial charge in [0.2, 0.25) is 5.13 Å². The molecular formula is C23H22N4O3S2. The van der Waals surface area contributed by atoms with Gasteiger partial charge in [0.15, 0.2) is 5.17 Å². The Morgan fingerprint density at radius 3 is 2.53 bits per heavy atom. The summed E-state index contributed by atoms with van der Waals surface area (Å²) in [6, 6.07) is 6.39. The highest BCUT2D eigenvalue weighted by Gasteiger charge is 2.52. The van der Waals surface area contributed by atoms with Gasteiger partial charge < -0.3 is 5.32 Å². The average Bonchev–Trinajstić information content (AvgIpc) is 3.35. The van der Waals surface area contributed by atoms with E-state index in [1.807, 2.05) is 0 Å². The minimum atomic E-state index is -0.444. The standard InChI is InChI=1S/C23H22N4O3S2/c28-20-18(8-16-3-1-2-4-17(16)27(29)30)32-22(25-20)26-21-24-19(12-31-21)23-9-13-5-14(10-23)7-15(6-13)11-23/h1-4,8,12-15H,5-7,9-11H2,(H,24,25,26,28)/b18-8-. The van der Waals surface area contributed by atoms with Gasteiger partial charge in [-0.25, -0.2) is 4.98 Å². The zero-order valence-corrected chi connectivity index (χ0v) is 19.0. The molecule has 1 saturated heterocycles. The Morgan fingerprint density at radius 2 is 1.84 bits per heavy atom. The zero-order valence-electron chi connectivity index (χ0n) is 17.3. The number of nitrogens with one attached hydrogen (secondary N) is 1. The van der Waals surface area contributed by atoms with Crippen LogP contribution in [0.15, 0.2) is 39.5 Å². The molecule has 0 atom stereocenters. The van der Waals surface area contributed by atoms with E-state index in [0.29, 0.717) is 20.8 Å². The van der Waals surface area contributed by atoms with Crippen LogP contribution in [0.2, 0.25) is 0 Å². The third kappa shape index (κ3) is 3.47. The molecule has 5 fully saturated rings. The monoisotopic (exact) mass is 466 g/mol. The maximum Gasteiger partial charge on any atom is 0.276 e. The molecule has 1 aromatic carbocycles. The molecule has 0 unspecified atom stereocenters. The highest BCUT2D eigenvalue weighted by molar-refractivity contribution is 8.18. The van der Waals surface area contributed by atoms with Crippen LogP contribution in [0.1, 0.15) is 49.8 Å². The average molecular weight is 467 g/mol. The molecular weight excluding hydrogens is 444 g/mol. The van der Waals surface area contributed by atoms with Gasteiger partial charge >= 0.3 is 0 Å². The lowest BCUT2D eigenvalue weighted by molar-refractivity contribution is -0.385. The molecule has 4 bridgehead atoms. The summed E-state index contributed by atoms with van der Waals surface area (Å²) in [5, 5.41) is 17.3. The Kier molecular flexibility index (Phi) is 4.73. The molecule has 1 aromatic heterocycles. The molecule has 164 valence electrons. The van der Waals surface area contributed by atoms with Crippen LogP contribution in [0.4, 0.5) is 10.8 Å². The Morgan fingerprint density at radius 1 is 1.16 bits per heavy atom. The molecule has 0 radical (unpaired) electrons. The molecule has 9 heteroatoms. The predicted molar refractivity (Wildman–Crippen MR) is 126 cm³/mol. The quantitative estimate of drug-likeness (QED) is 0.369. The summed E-state index contributed by atoms with van der Waals surface area (Å²) in [5.74, 6) is 2.27. The second-order valence-corrected chi connectivity index (χ2v) is 11.4. The molecule has 7 nitrogen and oxygen atoms in total. The molecule has 4 saturated carbocycles. The van der Waals surface area contributed by atoms with Crippen molar-refractivity contribution in [2.24, 2.45) is 22.7 Å². The highest BCUT2D eigenvalue weighted by atomic mass is 32.2. The number of nitro benzene ring substituents is 1. The van der Waals surface area contributed by atoms with Crippen molar-refractivity contribution in [3.63, 3.8) is 0 Å². The molecule has 5 aliphatic rings. The first-order valence-corrected chi connectivity index (χ1v) is 12.7. The summed E-state index contributed by atoms with van der Waals surface area (Å²) in [7, 11) is 0. The molecule has 1 amide bonds. The number of rotatable bonds is 4. The minimum Gasteiger partial charge on any atom is -0.300 e. The third-order valence-corrected chi connectivity index (χ3v) is 8.99. The first-order valence-electron chi connectivity index (χ1n) is 11.0. The second-order valence-electron chi connectivity index (χ2n) is 9.51. The van der Waals surface area contributed by atoms with Crippen LogP contribution in [-0.2, 0) is 10.2 Å². The van der Waals surface area contributed by atoms with Crippen LogP contribution in [0.5, 0.6) is 0 Å². The number of aliphatic imine (C=N–C) groups is 1. The number of nitro groups is 1. The Balaban J connectivity index is 1.23. The number of hydrogen-bond donors (Lipinski definition) is 1. The van der Waals surface area contributed by atoms with Crippen LogP contribution in [0.3, 0.4) is 0 Å². The lowest BCUT2D eigenvalue weighted by atomic mass is 9.49. The van der Waals surface area contributed by atoms with Gasteiger partial charge in [-0.3, -0.25) is 14.9 Å². The van der Waals surface area contributed by atoms with E-state index >= 15 is 0 Å². The maximum atomic E-state index is 12.4. The Bertz CT molecular complexity index is 1150. The summed E-state index contributed by atoms with van der Waals surface area (Å²) in [6.45, 7) is 0. The van der Waals surface area contributed by atoms with Crippen molar-refractivity contribution in [3.8, 4) is 0 Å². The van der Waals surface area contributed by atoms with Crippen molar-refractivity contribution in [2.45, 2.75) is 43.9 Å². The number of aromatic nitrogens is 1. The molecule has 2 aromatic rings. The summed E-state index contributed by atoms with van der Waals surface area (Å²) >= 11 is 2.72. The van der Waals surface area contributed by atoms with E-state index in [1.54, 1.807) is 24.3 Å². The van der Waals surface area contributed by atoms with Crippen LogP contribution < -0.4 is 5.32 Å². The number of hydrogen-bond acceptors (Lipinski definition) is 7. The van der Waals surface area contributed by atoms with Gasteiger partial charge in [0.25, 0.3) is 11.6 Å². The SMILES string of the molecule is O=C1N/C(=N/c2nc(C34CC5CC(CC(C5)C3)C4)cs2)S/C1=C\c1ccccc1[N+](=O)[O-]. The van der Waals surface area contributed by atoms with E-state index in [2.05, 4.69) is 15.7 Å². The van der Waals surface area contributed by atoms with Gasteiger partial charge in [-0.2, -0.15) is 4.99 Å². The number of nitrogens with zero attached hydrogens (tertiary/aromatic N) is 3. The number of carbonyl (C=O) groups is 1. The second kappa shape index (κ2) is 7.52. The fourth-order valence-corrected chi connectivity index (χ4v) is 8.15. The first-order chi connectivity index (χ1) is 15.5. The fraction of sp³-hybridized carbons (Fsp3) is 0.435. The number of thiazole rings is 1. The highest BCUT2D eigenvalue weighted by Crippen LogP contribution is 2.60. The van der Waals surface area contributed by atoms with Crippen molar-refractivity contribution in [1.82, 2.24) is 10.3 Å². The van der Waals surface area contributed by atoms with Crippen molar-refractivity contribution < 1.29 is 9.72 Å². The Labute approximate surface area is 193 Å². The predicted octanol–water partition coefficient (Wildman–Crippen LogP) is 5.41. The van der Waals surface area contributed by atoms with Crippen molar-refractivity contribution in [3.05, 3.63) is 55.9 Å². The van der Waals surface area contributed by atoms with Crippen molar-refractivity contribution in [2.75, 3.05) is 0 Å². The number of para-hydroxylation sites is 1. The van der Waals surface area contributed by atoms with Gasteiger partial charge in [0.05, 0.1) is 21.1 Å². The van der Waals surface area contributed by atoms with E-state index in [4.69, 9.17) is 4.98 Å². The minimum absolute atomic E-state index is 0.0288. The van der Waals surface area contributed by atoms with Crippen LogP contribution >= 0.6 is 23.1 Å². The fourth-order valence-electron chi connectivity index (χ4n) is 6.47. The normalized spacial score (nSPS) is 33.2. The lowest BCUT2D eigenvalue weighted by Gasteiger charge is -2.56. The number of carbonyl (C=O) groups excluding carboxylic acids is 1. The van der Waals surface area contributed by atoms with Crippen LogP contribution in [0, 0.1) is 27.9 Å². The topological polar surface area (TPSA) is 97.5 Å². The molecule has 7 rings (SSSR count). The van der Waals surface area contributed by atoms with Crippen molar-refractivity contribution >= 4 is 51.1 Å². The molecule has 32 heavy (non-hydrogen) atoms. The smallest absolute Gasteiger partial charge is 0.276 e. The molecule has 0 spiro atoms. The molecule has 4 aliphatic carbocycles. The number of amides is 1. The zero-order chi connectivity index (χ0) is 21.9. The van der Waals surface area contributed by atoms with E-state index in [0.717, 1.165) is 17.8 Å². The van der Waals surface area contributed by atoms with E-state index in [1.165, 1.54) is 73.4 Å². The van der Waals surface area contributed by atoms with Crippen LogP contribution in [0.25, 0.3) is 6.08 Å². The summed E-state index contributed by atoms with van der Waals surface area (Å²) < 4.78 is 0. The summed E-state index contributed by atoms with van der Waals surface area (Å²) in [4.78, 5) is 33.1. The van der Waals surface area contributed by atoms with Crippen molar-refractivity contribution in [1.29, 1.82) is 0 Å². The van der Waals surface area contributed by atoms with Gasteiger partial charge in [-0.05, 0) is 80.2 Å².